The molecule has 8 heteroatoms. The average Bonchev–Trinajstić information content (AvgIpc) is 3.64. The van der Waals surface area contributed by atoms with Crippen molar-refractivity contribution in [3.63, 3.8) is 0 Å². The van der Waals surface area contributed by atoms with Gasteiger partial charge in [-0.15, -0.1) is 5.10 Å². The molecule has 1 aliphatic heterocycles. The van der Waals surface area contributed by atoms with Crippen LogP contribution in [-0.2, 0) is 4.79 Å². The average molecular weight is 563 g/mol. The van der Waals surface area contributed by atoms with Crippen molar-refractivity contribution in [2.75, 3.05) is 4.90 Å². The van der Waals surface area contributed by atoms with Crippen LogP contribution in [0.5, 0.6) is 5.75 Å². The third-order valence-corrected chi connectivity index (χ3v) is 10.5. The summed E-state index contributed by atoms with van der Waals surface area (Å²) in [5.41, 5.74) is 4.50. The number of aromatic hydroxyl groups is 1. The van der Waals surface area contributed by atoms with Crippen LogP contribution >= 0.6 is 11.8 Å². The summed E-state index contributed by atoms with van der Waals surface area (Å²) in [6.45, 7) is 6.99. The van der Waals surface area contributed by atoms with E-state index in [1.807, 2.05) is 54.6 Å². The van der Waals surface area contributed by atoms with Crippen LogP contribution in [0, 0.1) is 16.7 Å². The Morgan fingerprint density at radius 3 is 2.54 bits per heavy atom. The van der Waals surface area contributed by atoms with Crippen molar-refractivity contribution in [1.29, 1.82) is 0 Å². The zero-order valence-electron chi connectivity index (χ0n) is 23.2. The van der Waals surface area contributed by atoms with Crippen molar-refractivity contribution < 1.29 is 14.4 Å². The third-order valence-electron chi connectivity index (χ3n) is 9.52. The van der Waals surface area contributed by atoms with Crippen molar-refractivity contribution in [3.05, 3.63) is 83.3 Å². The molecule has 0 radical (unpaired) electrons. The Morgan fingerprint density at radius 2 is 1.83 bits per heavy atom. The summed E-state index contributed by atoms with van der Waals surface area (Å²) in [6.07, 6.45) is 5.16. The molecule has 2 unspecified atom stereocenters. The molecule has 7 rings (SSSR count). The minimum Gasteiger partial charge on any atom is -0.508 e. The molecular formula is C33H30N4O3S. The first-order chi connectivity index (χ1) is 19.7. The Kier molecular flexibility index (Phi) is 5.94. The Balaban J connectivity index is 1.27. The first-order valence-electron chi connectivity index (χ1n) is 13.9. The second-order valence-electron chi connectivity index (χ2n) is 11.8. The van der Waals surface area contributed by atoms with E-state index in [9.17, 15) is 9.90 Å². The zero-order chi connectivity index (χ0) is 28.4. The molecule has 1 N–H and O–H groups in total. The fourth-order valence-electron chi connectivity index (χ4n) is 6.55. The van der Waals surface area contributed by atoms with Crippen LogP contribution in [0.3, 0.4) is 0 Å². The highest BCUT2D eigenvalue weighted by Crippen LogP contribution is 2.64. The second-order valence-corrected chi connectivity index (χ2v) is 12.9. The fraction of sp³-hybridized carbons (Fsp3) is 0.273. The second kappa shape index (κ2) is 9.45. The van der Waals surface area contributed by atoms with E-state index >= 15 is 0 Å². The largest absolute Gasteiger partial charge is 0.508 e. The van der Waals surface area contributed by atoms with Gasteiger partial charge in [0.2, 0.25) is 5.17 Å². The molecule has 2 bridgehead atoms. The highest BCUT2D eigenvalue weighted by Gasteiger charge is 2.60. The molecule has 7 nitrogen and oxygen atoms in total. The Bertz CT molecular complexity index is 1770. The summed E-state index contributed by atoms with van der Waals surface area (Å²) in [5.74, 6) is 1.25. The van der Waals surface area contributed by atoms with Crippen LogP contribution in [0.25, 0.3) is 28.3 Å². The number of phenols is 1. The van der Waals surface area contributed by atoms with Gasteiger partial charge >= 0.3 is 0 Å². The molecule has 4 aromatic rings. The van der Waals surface area contributed by atoms with E-state index in [0.29, 0.717) is 27.4 Å². The van der Waals surface area contributed by atoms with Crippen molar-refractivity contribution in [3.8, 4) is 17.1 Å². The van der Waals surface area contributed by atoms with Crippen molar-refractivity contribution in [2.24, 2.45) is 27.0 Å². The van der Waals surface area contributed by atoms with Gasteiger partial charge in [-0.05, 0) is 90.4 Å². The van der Waals surface area contributed by atoms with Crippen LogP contribution < -0.4 is 4.90 Å². The number of hydrogen-bond donors (Lipinski definition) is 1. The molecule has 206 valence electrons. The first kappa shape index (κ1) is 25.8. The lowest BCUT2D eigenvalue weighted by atomic mass is 9.70. The Hall–Kier alpha value is -4.17. The number of amidine groups is 1. The van der Waals surface area contributed by atoms with Crippen LogP contribution in [-0.4, -0.2) is 27.0 Å². The molecule has 41 heavy (non-hydrogen) atoms. The van der Waals surface area contributed by atoms with Gasteiger partial charge in [0.1, 0.15) is 11.3 Å². The highest BCUT2D eigenvalue weighted by atomic mass is 32.2. The summed E-state index contributed by atoms with van der Waals surface area (Å²) >= 11 is 1.31. The van der Waals surface area contributed by atoms with Gasteiger partial charge in [0.25, 0.3) is 5.91 Å². The van der Waals surface area contributed by atoms with Crippen molar-refractivity contribution in [1.82, 2.24) is 5.16 Å². The van der Waals surface area contributed by atoms with E-state index in [4.69, 9.17) is 14.7 Å². The molecule has 1 aromatic heterocycles. The van der Waals surface area contributed by atoms with Gasteiger partial charge in [-0.3, -0.25) is 9.69 Å². The molecular weight excluding hydrogens is 532 g/mol. The number of phenolic OH excluding ortho intramolecular Hbond substituents is 1. The van der Waals surface area contributed by atoms with Crippen molar-refractivity contribution >= 4 is 51.2 Å². The Morgan fingerprint density at radius 1 is 1.05 bits per heavy atom. The lowest BCUT2D eigenvalue weighted by Crippen LogP contribution is -2.32. The van der Waals surface area contributed by atoms with Gasteiger partial charge in [0.15, 0.2) is 5.76 Å². The number of rotatable bonds is 4. The molecule has 1 saturated heterocycles. The lowest BCUT2D eigenvalue weighted by molar-refractivity contribution is -0.113. The standard InChI is InChI=1S/C33H30N4O3S/c1-32(2)22-15-16-33(32,3)28(19-22)34-35-31-37(23-10-12-24(38)13-11-23)30(39)27(41-31)18-20-9-14-26-25(17-20)29(40-36-26)21-7-5-4-6-8-21/h4-14,17-18,22,38H,15-16,19H2,1-3H3/b27-18-,34-28+,35-31+. The van der Waals surface area contributed by atoms with Crippen LogP contribution in [0.15, 0.2) is 92.4 Å². The Labute approximate surface area is 242 Å². The predicted molar refractivity (Wildman–Crippen MR) is 165 cm³/mol. The number of amides is 1. The summed E-state index contributed by atoms with van der Waals surface area (Å²) in [6, 6.07) is 22.3. The monoisotopic (exact) mass is 562 g/mol. The van der Waals surface area contributed by atoms with Gasteiger partial charge in [-0.25, -0.2) is 0 Å². The summed E-state index contributed by atoms with van der Waals surface area (Å²) in [4.78, 5) is 15.9. The maximum Gasteiger partial charge on any atom is 0.271 e. The highest BCUT2D eigenvalue weighted by molar-refractivity contribution is 8.19. The van der Waals surface area contributed by atoms with E-state index < -0.39 is 0 Å². The molecule has 2 heterocycles. The summed E-state index contributed by atoms with van der Waals surface area (Å²) < 4.78 is 5.67. The smallest absolute Gasteiger partial charge is 0.271 e. The van der Waals surface area contributed by atoms with Crippen LogP contribution in [0.2, 0.25) is 0 Å². The first-order valence-corrected chi connectivity index (χ1v) is 14.7. The number of nitrogens with zero attached hydrogens (tertiary/aromatic N) is 4. The zero-order valence-corrected chi connectivity index (χ0v) is 24.0. The van der Waals surface area contributed by atoms with Gasteiger partial charge < -0.3 is 9.63 Å². The third kappa shape index (κ3) is 4.11. The van der Waals surface area contributed by atoms with E-state index in [1.54, 1.807) is 29.2 Å². The molecule has 3 fully saturated rings. The molecule has 0 spiro atoms. The topological polar surface area (TPSA) is 91.3 Å². The molecule has 3 aliphatic rings. The minimum atomic E-state index is -0.187. The lowest BCUT2D eigenvalue weighted by Gasteiger charge is -2.34. The SMILES string of the molecule is CC12CCC(C/C1=N\N=C1\S/C(=C\c3ccc4noc(-c5ccccc5)c4c3)C(=O)N1c1ccc(O)cc1)C2(C)C. The van der Waals surface area contributed by atoms with E-state index in [1.165, 1.54) is 18.2 Å². The summed E-state index contributed by atoms with van der Waals surface area (Å²) in [7, 11) is 0. The van der Waals surface area contributed by atoms with Gasteiger partial charge in [-0.2, -0.15) is 5.10 Å². The van der Waals surface area contributed by atoms with Gasteiger partial charge in [0.05, 0.1) is 16.0 Å². The van der Waals surface area contributed by atoms with E-state index in [2.05, 4.69) is 25.9 Å². The number of fused-ring (bicyclic) bond motifs is 3. The van der Waals surface area contributed by atoms with E-state index in [-0.39, 0.29) is 22.5 Å². The predicted octanol–water partition coefficient (Wildman–Crippen LogP) is 7.88. The quantitative estimate of drug-likeness (QED) is 0.202. The minimum absolute atomic E-state index is 0.0154. The number of anilines is 1. The van der Waals surface area contributed by atoms with Crippen molar-refractivity contribution in [2.45, 2.75) is 40.0 Å². The number of thioether (sulfide) groups is 1. The van der Waals surface area contributed by atoms with Gasteiger partial charge in [0, 0.05) is 16.7 Å². The molecule has 3 aromatic carbocycles. The number of carbonyl (C=O) groups is 1. The van der Waals surface area contributed by atoms with Crippen LogP contribution in [0.4, 0.5) is 5.69 Å². The molecule has 1 amide bonds. The number of hydrogen-bond acceptors (Lipinski definition) is 7. The molecule has 2 atom stereocenters. The number of benzene rings is 3. The molecule has 2 saturated carbocycles. The normalized spacial score (nSPS) is 26.3. The fourth-order valence-corrected chi connectivity index (χ4v) is 7.48. The molecule has 2 aliphatic carbocycles. The summed E-state index contributed by atoms with van der Waals surface area (Å²) in [5, 5.41) is 24.9. The van der Waals surface area contributed by atoms with E-state index in [0.717, 1.165) is 40.6 Å². The van der Waals surface area contributed by atoms with Crippen LogP contribution in [0.1, 0.15) is 45.6 Å². The maximum absolute atomic E-state index is 13.8. The number of aromatic nitrogens is 1. The van der Waals surface area contributed by atoms with Gasteiger partial charge in [-0.1, -0.05) is 62.3 Å². The maximum atomic E-state index is 13.8. The number of carbonyl (C=O) groups excluding carboxylic acids is 1.